The number of methoxy groups -OCH3 is 1. The molecule has 0 radical (unpaired) electrons. The third-order valence-corrected chi connectivity index (χ3v) is 4.94. The molecule has 2 heterocycles. The molecule has 25 heavy (non-hydrogen) atoms. The highest BCUT2D eigenvalue weighted by Gasteiger charge is 2.30. The summed E-state index contributed by atoms with van der Waals surface area (Å²) in [4.78, 5) is 16.6. The zero-order valence-corrected chi connectivity index (χ0v) is 15.8. The molecule has 138 valence electrons. The number of ether oxygens (including phenoxy) is 2. The predicted molar refractivity (Wildman–Crippen MR) is 98.7 cm³/mol. The van der Waals surface area contributed by atoms with E-state index >= 15 is 0 Å². The Labute approximate surface area is 154 Å². The second kappa shape index (κ2) is 7.70. The van der Waals surface area contributed by atoms with Crippen molar-refractivity contribution in [3.05, 3.63) is 23.2 Å². The maximum atomic E-state index is 12.6. The van der Waals surface area contributed by atoms with Gasteiger partial charge < -0.3 is 24.6 Å². The Hall–Kier alpha value is -1.66. The number of amides is 2. The fraction of sp³-hybridized carbons (Fsp3) is 0.611. The number of carbonyl (C=O) groups excluding carboxylic acids is 1. The van der Waals surface area contributed by atoms with E-state index in [2.05, 4.69) is 10.2 Å². The fourth-order valence-corrected chi connectivity index (χ4v) is 3.78. The Kier molecular flexibility index (Phi) is 5.59. The SMILES string of the molecule is COc1ccc(Cl)cc1N1CC[C@H](NC(=O)N2C[C@@H](C)O[C@H](C)C2)C1. The quantitative estimate of drug-likeness (QED) is 0.892. The number of hydrogen-bond acceptors (Lipinski definition) is 4. The van der Waals surface area contributed by atoms with Crippen LogP contribution >= 0.6 is 11.6 Å². The van der Waals surface area contributed by atoms with Gasteiger partial charge in [-0.2, -0.15) is 0 Å². The second-order valence-corrected chi connectivity index (χ2v) is 7.30. The molecule has 2 aliphatic heterocycles. The van der Waals surface area contributed by atoms with Gasteiger partial charge >= 0.3 is 6.03 Å². The third-order valence-electron chi connectivity index (χ3n) is 4.70. The van der Waals surface area contributed by atoms with E-state index in [-0.39, 0.29) is 24.3 Å². The van der Waals surface area contributed by atoms with Gasteiger partial charge in [0.15, 0.2) is 0 Å². The maximum absolute atomic E-state index is 12.6. The largest absolute Gasteiger partial charge is 0.495 e. The molecule has 1 N–H and O–H groups in total. The van der Waals surface area contributed by atoms with Crippen molar-refractivity contribution in [3.63, 3.8) is 0 Å². The van der Waals surface area contributed by atoms with E-state index in [9.17, 15) is 4.79 Å². The number of benzene rings is 1. The normalized spacial score (nSPS) is 26.6. The molecule has 6 nitrogen and oxygen atoms in total. The first-order valence-electron chi connectivity index (χ1n) is 8.75. The van der Waals surface area contributed by atoms with Gasteiger partial charge in [-0.1, -0.05) is 11.6 Å². The molecule has 2 saturated heterocycles. The zero-order chi connectivity index (χ0) is 18.0. The smallest absolute Gasteiger partial charge is 0.317 e. The Bertz CT molecular complexity index is 618. The van der Waals surface area contributed by atoms with Crippen molar-refractivity contribution >= 4 is 23.3 Å². The van der Waals surface area contributed by atoms with Crippen molar-refractivity contribution in [2.45, 2.75) is 38.5 Å². The van der Waals surface area contributed by atoms with Crippen LogP contribution < -0.4 is 15.0 Å². The van der Waals surface area contributed by atoms with Crippen LogP contribution in [0.1, 0.15) is 20.3 Å². The highest BCUT2D eigenvalue weighted by Crippen LogP contribution is 2.33. The first kappa shape index (κ1) is 18.1. The zero-order valence-electron chi connectivity index (χ0n) is 15.0. The van der Waals surface area contributed by atoms with E-state index in [1.165, 1.54) is 0 Å². The van der Waals surface area contributed by atoms with Crippen molar-refractivity contribution in [1.29, 1.82) is 0 Å². The molecule has 3 atom stereocenters. The Morgan fingerprint density at radius 1 is 1.28 bits per heavy atom. The van der Waals surface area contributed by atoms with Gasteiger partial charge in [0.05, 0.1) is 25.0 Å². The standard InChI is InChI=1S/C18H26ClN3O3/c1-12-9-22(10-13(2)25-12)18(23)20-15-6-7-21(11-15)16-8-14(19)4-5-17(16)24-3/h4-5,8,12-13,15H,6-7,9-11H2,1-3H3,(H,20,23)/t12-,13-,15+/m1/s1. The van der Waals surface area contributed by atoms with E-state index < -0.39 is 0 Å². The summed E-state index contributed by atoms with van der Waals surface area (Å²) in [6.07, 6.45) is 1.05. The lowest BCUT2D eigenvalue weighted by Gasteiger charge is -2.35. The summed E-state index contributed by atoms with van der Waals surface area (Å²) in [6.45, 7) is 6.87. The van der Waals surface area contributed by atoms with Crippen LogP contribution in [-0.2, 0) is 4.74 Å². The average molecular weight is 368 g/mol. The van der Waals surface area contributed by atoms with Crippen molar-refractivity contribution in [3.8, 4) is 5.75 Å². The van der Waals surface area contributed by atoms with Crippen LogP contribution in [0, 0.1) is 0 Å². The minimum Gasteiger partial charge on any atom is -0.495 e. The molecule has 0 bridgehead atoms. The van der Waals surface area contributed by atoms with E-state index in [1.807, 2.05) is 36.9 Å². The molecule has 2 amide bonds. The molecular weight excluding hydrogens is 342 g/mol. The van der Waals surface area contributed by atoms with Gasteiger partial charge in [-0.3, -0.25) is 0 Å². The maximum Gasteiger partial charge on any atom is 0.317 e. The van der Waals surface area contributed by atoms with Gasteiger partial charge in [0.2, 0.25) is 0 Å². The number of carbonyl (C=O) groups is 1. The lowest BCUT2D eigenvalue weighted by Crippen LogP contribution is -2.53. The van der Waals surface area contributed by atoms with Crippen molar-refractivity contribution in [1.82, 2.24) is 10.2 Å². The molecule has 2 fully saturated rings. The lowest BCUT2D eigenvalue weighted by atomic mass is 10.2. The molecule has 0 saturated carbocycles. The van der Waals surface area contributed by atoms with E-state index in [0.29, 0.717) is 18.1 Å². The van der Waals surface area contributed by atoms with Crippen LogP contribution in [0.4, 0.5) is 10.5 Å². The molecule has 0 unspecified atom stereocenters. The first-order valence-corrected chi connectivity index (χ1v) is 9.13. The molecule has 0 aromatic heterocycles. The summed E-state index contributed by atoms with van der Waals surface area (Å²) in [5, 5.41) is 3.84. The molecule has 1 aromatic rings. The third kappa shape index (κ3) is 4.30. The Balaban J connectivity index is 1.60. The summed E-state index contributed by atoms with van der Waals surface area (Å²) in [6, 6.07) is 5.72. The number of halogens is 1. The number of nitrogens with one attached hydrogen (secondary N) is 1. The highest BCUT2D eigenvalue weighted by molar-refractivity contribution is 6.30. The van der Waals surface area contributed by atoms with Gasteiger partial charge in [-0.25, -0.2) is 4.79 Å². The Morgan fingerprint density at radius 3 is 2.68 bits per heavy atom. The minimum atomic E-state index is -0.00749. The molecule has 2 aliphatic rings. The lowest BCUT2D eigenvalue weighted by molar-refractivity contribution is -0.0547. The summed E-state index contributed by atoms with van der Waals surface area (Å²) in [5.74, 6) is 0.798. The van der Waals surface area contributed by atoms with Crippen molar-refractivity contribution in [2.75, 3.05) is 38.2 Å². The Morgan fingerprint density at radius 2 is 2.00 bits per heavy atom. The molecule has 1 aromatic carbocycles. The minimum absolute atomic E-state index is 0.00749. The number of anilines is 1. The van der Waals surface area contributed by atoms with Gasteiger partial charge in [0, 0.05) is 37.2 Å². The number of nitrogens with zero attached hydrogens (tertiary/aromatic N) is 2. The summed E-state index contributed by atoms with van der Waals surface area (Å²) in [7, 11) is 1.66. The second-order valence-electron chi connectivity index (χ2n) is 6.86. The van der Waals surface area contributed by atoms with Gasteiger partial charge in [-0.15, -0.1) is 0 Å². The fourth-order valence-electron chi connectivity index (χ4n) is 3.62. The first-order chi connectivity index (χ1) is 12.0. The molecule has 0 aliphatic carbocycles. The van der Waals surface area contributed by atoms with Gasteiger partial charge in [0.25, 0.3) is 0 Å². The number of morpholine rings is 1. The van der Waals surface area contributed by atoms with Gasteiger partial charge in [0.1, 0.15) is 5.75 Å². The number of urea groups is 1. The predicted octanol–water partition coefficient (Wildman–Crippen LogP) is 2.75. The summed E-state index contributed by atoms with van der Waals surface area (Å²) in [5.41, 5.74) is 0.973. The topological polar surface area (TPSA) is 54.0 Å². The molecular formula is C18H26ClN3O3. The van der Waals surface area contributed by atoms with Crippen LogP contribution in [0.5, 0.6) is 5.75 Å². The monoisotopic (exact) mass is 367 g/mol. The van der Waals surface area contributed by atoms with Crippen LogP contribution in [0.25, 0.3) is 0 Å². The van der Waals surface area contributed by atoms with Crippen LogP contribution in [0.2, 0.25) is 5.02 Å². The van der Waals surface area contributed by atoms with Gasteiger partial charge in [-0.05, 0) is 38.5 Å². The average Bonchev–Trinajstić information content (AvgIpc) is 3.02. The molecule has 7 heteroatoms. The number of rotatable bonds is 3. The van der Waals surface area contributed by atoms with E-state index in [1.54, 1.807) is 7.11 Å². The summed E-state index contributed by atoms with van der Waals surface area (Å²) < 4.78 is 11.1. The summed E-state index contributed by atoms with van der Waals surface area (Å²) >= 11 is 6.13. The van der Waals surface area contributed by atoms with Crippen molar-refractivity contribution < 1.29 is 14.3 Å². The van der Waals surface area contributed by atoms with Crippen LogP contribution in [0.3, 0.4) is 0 Å². The number of hydrogen-bond donors (Lipinski definition) is 1. The highest BCUT2D eigenvalue weighted by atomic mass is 35.5. The molecule has 3 rings (SSSR count). The van der Waals surface area contributed by atoms with Crippen LogP contribution in [-0.4, -0.2) is 62.5 Å². The van der Waals surface area contributed by atoms with Crippen molar-refractivity contribution in [2.24, 2.45) is 0 Å². The van der Waals surface area contributed by atoms with E-state index in [4.69, 9.17) is 21.1 Å². The molecule has 0 spiro atoms. The van der Waals surface area contributed by atoms with Crippen LogP contribution in [0.15, 0.2) is 18.2 Å². The van der Waals surface area contributed by atoms with E-state index in [0.717, 1.165) is 30.9 Å².